The van der Waals surface area contributed by atoms with Crippen LogP contribution in [0.1, 0.15) is 12.5 Å². The Hall–Kier alpha value is -1.62. The Morgan fingerprint density at radius 2 is 2.11 bits per heavy atom. The monoisotopic (exact) mass is 307 g/mol. The number of nitrogens with zero attached hydrogens (tertiary/aromatic N) is 2. The third-order valence-electron chi connectivity index (χ3n) is 2.27. The Bertz CT molecular complexity index is 528. The lowest BCUT2D eigenvalue weighted by Crippen LogP contribution is -1.97. The smallest absolute Gasteiger partial charge is 0.213 e. The summed E-state index contributed by atoms with van der Waals surface area (Å²) in [6.07, 6.45) is 3.54. The van der Waals surface area contributed by atoms with Gasteiger partial charge >= 0.3 is 0 Å². The highest BCUT2D eigenvalue weighted by Gasteiger charge is 2.03. The molecule has 0 bridgehead atoms. The Morgan fingerprint density at radius 3 is 2.72 bits per heavy atom. The van der Waals surface area contributed by atoms with Gasteiger partial charge in [0.05, 0.1) is 23.0 Å². The van der Waals surface area contributed by atoms with Crippen LogP contribution in [-0.2, 0) is 0 Å². The van der Waals surface area contributed by atoms with Gasteiger partial charge in [-0.3, -0.25) is 0 Å². The van der Waals surface area contributed by atoms with Gasteiger partial charge in [0.25, 0.3) is 0 Å². The molecule has 0 radical (unpaired) electrons. The molecule has 2 aromatic heterocycles. The van der Waals surface area contributed by atoms with Crippen LogP contribution < -0.4 is 10.1 Å². The van der Waals surface area contributed by atoms with E-state index < -0.39 is 0 Å². The van der Waals surface area contributed by atoms with Gasteiger partial charge in [0, 0.05) is 12.3 Å². The van der Waals surface area contributed by atoms with Crippen molar-refractivity contribution in [1.82, 2.24) is 9.97 Å². The van der Waals surface area contributed by atoms with Gasteiger partial charge in [-0.25, -0.2) is 9.97 Å². The Kier molecular flexibility index (Phi) is 4.15. The number of anilines is 2. The number of hydrogen-bond acceptors (Lipinski definition) is 4. The average molecular weight is 308 g/mol. The molecule has 0 fully saturated rings. The standard InChI is InChI=1S/C13H14BrN3O/c1-3-18-12-5-4-10(8-15-12)17-13-11(14)6-9(2)7-16-13/h4-8H,3H2,1-2H3,(H,16,17). The lowest BCUT2D eigenvalue weighted by Gasteiger charge is -2.08. The molecule has 0 spiro atoms. The molecule has 2 heterocycles. The van der Waals surface area contributed by atoms with Crippen molar-refractivity contribution in [3.8, 4) is 5.88 Å². The number of hydrogen-bond donors (Lipinski definition) is 1. The van der Waals surface area contributed by atoms with E-state index >= 15 is 0 Å². The highest BCUT2D eigenvalue weighted by atomic mass is 79.9. The summed E-state index contributed by atoms with van der Waals surface area (Å²) in [4.78, 5) is 8.50. The number of aromatic nitrogens is 2. The van der Waals surface area contributed by atoms with E-state index in [1.54, 1.807) is 6.20 Å². The average Bonchev–Trinajstić information content (AvgIpc) is 2.35. The first-order valence-electron chi connectivity index (χ1n) is 5.67. The fourth-order valence-electron chi connectivity index (χ4n) is 1.45. The fourth-order valence-corrected chi connectivity index (χ4v) is 2.01. The third-order valence-corrected chi connectivity index (χ3v) is 2.87. The van der Waals surface area contributed by atoms with Crippen LogP contribution in [0.2, 0.25) is 0 Å². The third kappa shape index (κ3) is 3.20. The normalized spacial score (nSPS) is 10.2. The van der Waals surface area contributed by atoms with E-state index in [4.69, 9.17) is 4.74 Å². The zero-order valence-corrected chi connectivity index (χ0v) is 11.9. The number of rotatable bonds is 4. The molecule has 94 valence electrons. The predicted octanol–water partition coefficient (Wildman–Crippen LogP) is 3.69. The first-order chi connectivity index (χ1) is 8.69. The van der Waals surface area contributed by atoms with E-state index in [9.17, 15) is 0 Å². The SMILES string of the molecule is CCOc1ccc(Nc2ncc(C)cc2Br)cn1. The molecule has 1 N–H and O–H groups in total. The van der Waals surface area contributed by atoms with Crippen LogP contribution in [0.4, 0.5) is 11.5 Å². The molecule has 4 nitrogen and oxygen atoms in total. The summed E-state index contributed by atoms with van der Waals surface area (Å²) in [5.41, 5.74) is 1.98. The fraction of sp³-hybridized carbons (Fsp3) is 0.231. The van der Waals surface area contributed by atoms with Gasteiger partial charge in [0.15, 0.2) is 0 Å². The van der Waals surface area contributed by atoms with Crippen molar-refractivity contribution in [2.45, 2.75) is 13.8 Å². The molecule has 2 rings (SSSR count). The molecule has 0 amide bonds. The number of pyridine rings is 2. The van der Waals surface area contributed by atoms with Crippen LogP contribution in [0.3, 0.4) is 0 Å². The van der Waals surface area contributed by atoms with Gasteiger partial charge < -0.3 is 10.1 Å². The molecule has 0 saturated heterocycles. The summed E-state index contributed by atoms with van der Waals surface area (Å²) in [7, 11) is 0. The van der Waals surface area contributed by atoms with E-state index in [2.05, 4.69) is 31.2 Å². The minimum atomic E-state index is 0.616. The quantitative estimate of drug-likeness (QED) is 0.936. The maximum atomic E-state index is 5.29. The van der Waals surface area contributed by atoms with Crippen molar-refractivity contribution >= 4 is 27.4 Å². The van der Waals surface area contributed by atoms with E-state index in [-0.39, 0.29) is 0 Å². The van der Waals surface area contributed by atoms with E-state index in [1.807, 2.05) is 38.2 Å². The van der Waals surface area contributed by atoms with Gasteiger partial charge in [-0.15, -0.1) is 0 Å². The molecule has 2 aromatic rings. The molecule has 5 heteroatoms. The minimum Gasteiger partial charge on any atom is -0.478 e. The second-order valence-corrected chi connectivity index (χ2v) is 4.64. The van der Waals surface area contributed by atoms with Gasteiger partial charge in [-0.2, -0.15) is 0 Å². The van der Waals surface area contributed by atoms with Crippen molar-refractivity contribution in [1.29, 1.82) is 0 Å². The zero-order valence-electron chi connectivity index (χ0n) is 10.3. The van der Waals surface area contributed by atoms with E-state index in [1.165, 1.54) is 0 Å². The number of halogens is 1. The molecule has 0 aliphatic rings. The van der Waals surface area contributed by atoms with Crippen molar-refractivity contribution in [3.05, 3.63) is 40.6 Å². The molecule has 0 saturated carbocycles. The molecule has 0 aliphatic heterocycles. The van der Waals surface area contributed by atoms with Crippen LogP contribution in [0, 0.1) is 6.92 Å². The van der Waals surface area contributed by atoms with Crippen molar-refractivity contribution in [2.24, 2.45) is 0 Å². The summed E-state index contributed by atoms with van der Waals surface area (Å²) < 4.78 is 6.21. The van der Waals surface area contributed by atoms with Crippen LogP contribution in [0.15, 0.2) is 35.1 Å². The van der Waals surface area contributed by atoms with Gasteiger partial charge in [-0.05, 0) is 47.5 Å². The minimum absolute atomic E-state index is 0.616. The summed E-state index contributed by atoms with van der Waals surface area (Å²) in [5, 5.41) is 3.19. The molecular weight excluding hydrogens is 294 g/mol. The Labute approximate surface area is 115 Å². The first kappa shape index (κ1) is 12.8. The van der Waals surface area contributed by atoms with Crippen LogP contribution in [-0.4, -0.2) is 16.6 Å². The number of ether oxygens (including phenoxy) is 1. The maximum absolute atomic E-state index is 5.29. The second kappa shape index (κ2) is 5.82. The molecule has 0 atom stereocenters. The van der Waals surface area contributed by atoms with Crippen LogP contribution >= 0.6 is 15.9 Å². The first-order valence-corrected chi connectivity index (χ1v) is 6.46. The maximum Gasteiger partial charge on any atom is 0.213 e. The Morgan fingerprint density at radius 1 is 1.28 bits per heavy atom. The molecular formula is C13H14BrN3O. The van der Waals surface area contributed by atoms with Crippen molar-refractivity contribution < 1.29 is 4.74 Å². The summed E-state index contributed by atoms with van der Waals surface area (Å²) in [6.45, 7) is 4.55. The van der Waals surface area contributed by atoms with Gasteiger partial charge in [0.1, 0.15) is 5.82 Å². The lowest BCUT2D eigenvalue weighted by molar-refractivity contribution is 0.327. The lowest BCUT2D eigenvalue weighted by atomic mass is 10.3. The van der Waals surface area contributed by atoms with E-state index in [0.29, 0.717) is 12.5 Å². The summed E-state index contributed by atoms with van der Waals surface area (Å²) >= 11 is 3.47. The highest BCUT2D eigenvalue weighted by molar-refractivity contribution is 9.10. The molecule has 18 heavy (non-hydrogen) atoms. The predicted molar refractivity (Wildman–Crippen MR) is 75.4 cm³/mol. The molecule has 0 aliphatic carbocycles. The van der Waals surface area contributed by atoms with Crippen molar-refractivity contribution in [3.63, 3.8) is 0 Å². The molecule has 0 aromatic carbocycles. The number of nitrogens with one attached hydrogen (secondary N) is 1. The van der Waals surface area contributed by atoms with Crippen LogP contribution in [0.5, 0.6) is 5.88 Å². The van der Waals surface area contributed by atoms with Gasteiger partial charge in [0.2, 0.25) is 5.88 Å². The topological polar surface area (TPSA) is 47.0 Å². The largest absolute Gasteiger partial charge is 0.478 e. The summed E-state index contributed by atoms with van der Waals surface area (Å²) in [5.74, 6) is 1.39. The van der Waals surface area contributed by atoms with Crippen LogP contribution in [0.25, 0.3) is 0 Å². The Balaban J connectivity index is 2.13. The summed E-state index contributed by atoms with van der Waals surface area (Å²) in [6, 6.07) is 5.75. The zero-order chi connectivity index (χ0) is 13.0. The van der Waals surface area contributed by atoms with Crippen molar-refractivity contribution in [2.75, 3.05) is 11.9 Å². The highest BCUT2D eigenvalue weighted by Crippen LogP contribution is 2.24. The van der Waals surface area contributed by atoms with Gasteiger partial charge in [-0.1, -0.05) is 0 Å². The number of aryl methyl sites for hydroxylation is 1. The van der Waals surface area contributed by atoms with E-state index in [0.717, 1.165) is 21.5 Å². The second-order valence-electron chi connectivity index (χ2n) is 3.79. The molecule has 0 unspecified atom stereocenters.